The number of hydrogen-bond acceptors (Lipinski definition) is 2. The molecule has 0 saturated carbocycles. The van der Waals surface area contributed by atoms with E-state index in [0.717, 1.165) is 6.92 Å². The highest BCUT2D eigenvalue weighted by Crippen LogP contribution is 2.28. The Kier molecular flexibility index (Phi) is 3.99. The minimum atomic E-state index is -2.87. The van der Waals surface area contributed by atoms with Gasteiger partial charge in [0.05, 0.1) is 0 Å². The maximum Gasteiger partial charge on any atom is 0.311 e. The lowest BCUT2D eigenvalue weighted by atomic mass is 10.1. The van der Waals surface area contributed by atoms with Crippen LogP contribution in [0.4, 0.5) is 8.78 Å². The molecule has 0 aliphatic carbocycles. The van der Waals surface area contributed by atoms with Crippen LogP contribution in [0.5, 0.6) is 5.75 Å². The van der Waals surface area contributed by atoms with Crippen molar-refractivity contribution >= 4 is 5.97 Å². The van der Waals surface area contributed by atoms with E-state index in [0.29, 0.717) is 18.6 Å². The average molecular weight is 228 g/mol. The molecule has 0 spiro atoms. The van der Waals surface area contributed by atoms with E-state index in [4.69, 9.17) is 4.74 Å². The zero-order valence-corrected chi connectivity index (χ0v) is 9.30. The molecule has 0 unspecified atom stereocenters. The van der Waals surface area contributed by atoms with E-state index in [1.54, 1.807) is 0 Å². The molecule has 0 fully saturated rings. The molecule has 0 aromatic heterocycles. The van der Waals surface area contributed by atoms with Gasteiger partial charge in [0, 0.05) is 18.9 Å². The van der Waals surface area contributed by atoms with E-state index in [9.17, 15) is 13.6 Å². The van der Waals surface area contributed by atoms with Crippen LogP contribution in [0.1, 0.15) is 32.3 Å². The van der Waals surface area contributed by atoms with Crippen molar-refractivity contribution in [3.8, 4) is 5.75 Å². The highest BCUT2D eigenvalue weighted by Gasteiger charge is 2.23. The SMILES string of the molecule is CCCC(=O)Oc1ccc(C(C)(F)F)cc1. The molecule has 0 heterocycles. The molecule has 0 aliphatic heterocycles. The van der Waals surface area contributed by atoms with Crippen molar-refractivity contribution in [2.45, 2.75) is 32.6 Å². The second-order valence-electron chi connectivity index (χ2n) is 3.64. The van der Waals surface area contributed by atoms with Gasteiger partial charge in [-0.3, -0.25) is 4.79 Å². The van der Waals surface area contributed by atoms with Crippen LogP contribution in [0.25, 0.3) is 0 Å². The van der Waals surface area contributed by atoms with Gasteiger partial charge in [0.2, 0.25) is 0 Å². The third kappa shape index (κ3) is 3.61. The summed E-state index contributed by atoms with van der Waals surface area (Å²) in [5, 5.41) is 0. The van der Waals surface area contributed by atoms with Crippen LogP contribution in [0.15, 0.2) is 24.3 Å². The predicted molar refractivity (Wildman–Crippen MR) is 56.6 cm³/mol. The van der Waals surface area contributed by atoms with Gasteiger partial charge in [-0.15, -0.1) is 0 Å². The number of rotatable bonds is 4. The summed E-state index contributed by atoms with van der Waals surface area (Å²) in [6.07, 6.45) is 1.02. The summed E-state index contributed by atoms with van der Waals surface area (Å²) in [7, 11) is 0. The van der Waals surface area contributed by atoms with Crippen molar-refractivity contribution in [3.63, 3.8) is 0 Å². The van der Waals surface area contributed by atoms with Crippen LogP contribution >= 0.6 is 0 Å². The van der Waals surface area contributed by atoms with Crippen LogP contribution in [-0.2, 0) is 10.7 Å². The first kappa shape index (κ1) is 12.6. The number of esters is 1. The number of alkyl halides is 2. The molecule has 4 heteroatoms. The van der Waals surface area contributed by atoms with E-state index < -0.39 is 5.92 Å². The first-order valence-corrected chi connectivity index (χ1v) is 5.12. The van der Waals surface area contributed by atoms with Crippen molar-refractivity contribution < 1.29 is 18.3 Å². The summed E-state index contributed by atoms with van der Waals surface area (Å²) in [6, 6.07) is 5.27. The topological polar surface area (TPSA) is 26.3 Å². The third-order valence-corrected chi connectivity index (χ3v) is 2.05. The molecular formula is C12H14F2O2. The lowest BCUT2D eigenvalue weighted by Crippen LogP contribution is -2.09. The lowest BCUT2D eigenvalue weighted by Gasteiger charge is -2.10. The Morgan fingerprint density at radius 3 is 2.31 bits per heavy atom. The molecule has 0 N–H and O–H groups in total. The quantitative estimate of drug-likeness (QED) is 0.582. The molecule has 0 radical (unpaired) electrons. The minimum Gasteiger partial charge on any atom is -0.427 e. The molecular weight excluding hydrogens is 214 g/mol. The molecule has 0 saturated heterocycles. The van der Waals surface area contributed by atoms with Crippen molar-refractivity contribution in [1.29, 1.82) is 0 Å². The lowest BCUT2D eigenvalue weighted by molar-refractivity contribution is -0.134. The molecule has 1 aromatic rings. The number of ether oxygens (including phenoxy) is 1. The largest absolute Gasteiger partial charge is 0.427 e. The van der Waals surface area contributed by atoms with Crippen LogP contribution in [-0.4, -0.2) is 5.97 Å². The molecule has 1 aromatic carbocycles. The maximum atomic E-state index is 12.9. The molecule has 0 bridgehead atoms. The fraction of sp³-hybridized carbons (Fsp3) is 0.417. The Morgan fingerprint density at radius 2 is 1.88 bits per heavy atom. The Labute approximate surface area is 93.2 Å². The Hall–Kier alpha value is -1.45. The summed E-state index contributed by atoms with van der Waals surface area (Å²) in [5.41, 5.74) is -0.0946. The van der Waals surface area contributed by atoms with Crippen molar-refractivity contribution in [3.05, 3.63) is 29.8 Å². The highest BCUT2D eigenvalue weighted by atomic mass is 19.3. The van der Waals surface area contributed by atoms with E-state index in [1.807, 2.05) is 6.92 Å². The Morgan fingerprint density at radius 1 is 1.31 bits per heavy atom. The van der Waals surface area contributed by atoms with Gasteiger partial charge in [0.15, 0.2) is 0 Å². The van der Waals surface area contributed by atoms with Gasteiger partial charge >= 0.3 is 5.97 Å². The molecule has 0 amide bonds. The highest BCUT2D eigenvalue weighted by molar-refractivity contribution is 5.72. The molecule has 0 aliphatic rings. The smallest absolute Gasteiger partial charge is 0.311 e. The zero-order valence-electron chi connectivity index (χ0n) is 9.30. The number of hydrogen-bond donors (Lipinski definition) is 0. The summed E-state index contributed by atoms with van der Waals surface area (Å²) in [6.45, 7) is 2.69. The predicted octanol–water partition coefficient (Wildman–Crippen LogP) is 3.50. The average Bonchev–Trinajstić information content (AvgIpc) is 2.17. The maximum absolute atomic E-state index is 12.9. The fourth-order valence-corrected chi connectivity index (χ4v) is 1.20. The second kappa shape index (κ2) is 5.05. The Balaban J connectivity index is 2.69. The van der Waals surface area contributed by atoms with Crippen LogP contribution in [0.2, 0.25) is 0 Å². The normalized spacial score (nSPS) is 11.2. The second-order valence-corrected chi connectivity index (χ2v) is 3.64. The minimum absolute atomic E-state index is 0.0946. The van der Waals surface area contributed by atoms with E-state index in [2.05, 4.69) is 0 Å². The summed E-state index contributed by atoms with van der Waals surface area (Å²) < 4.78 is 30.7. The number of halogens is 2. The van der Waals surface area contributed by atoms with E-state index in [1.165, 1.54) is 24.3 Å². The number of benzene rings is 1. The first-order chi connectivity index (χ1) is 7.43. The van der Waals surface area contributed by atoms with Gasteiger partial charge < -0.3 is 4.74 Å². The van der Waals surface area contributed by atoms with Gasteiger partial charge in [-0.1, -0.05) is 6.92 Å². The molecule has 2 nitrogen and oxygen atoms in total. The molecule has 1 rings (SSSR count). The number of carbonyl (C=O) groups excluding carboxylic acids is 1. The number of carbonyl (C=O) groups is 1. The van der Waals surface area contributed by atoms with Crippen LogP contribution in [0.3, 0.4) is 0 Å². The molecule has 0 atom stereocenters. The van der Waals surface area contributed by atoms with E-state index >= 15 is 0 Å². The van der Waals surface area contributed by atoms with Gasteiger partial charge in [-0.05, 0) is 30.7 Å². The monoisotopic (exact) mass is 228 g/mol. The van der Waals surface area contributed by atoms with Gasteiger partial charge in [-0.2, -0.15) is 0 Å². The summed E-state index contributed by atoms with van der Waals surface area (Å²) in [4.78, 5) is 11.1. The van der Waals surface area contributed by atoms with E-state index in [-0.39, 0.29) is 11.5 Å². The Bertz CT molecular complexity index is 352. The summed E-state index contributed by atoms with van der Waals surface area (Å²) in [5.74, 6) is -2.92. The summed E-state index contributed by atoms with van der Waals surface area (Å²) >= 11 is 0. The van der Waals surface area contributed by atoms with Crippen molar-refractivity contribution in [1.82, 2.24) is 0 Å². The van der Waals surface area contributed by atoms with Crippen molar-refractivity contribution in [2.24, 2.45) is 0 Å². The third-order valence-electron chi connectivity index (χ3n) is 2.05. The van der Waals surface area contributed by atoms with Gasteiger partial charge in [0.1, 0.15) is 5.75 Å². The van der Waals surface area contributed by atoms with Crippen LogP contribution in [0, 0.1) is 0 Å². The molecule has 16 heavy (non-hydrogen) atoms. The van der Waals surface area contributed by atoms with Gasteiger partial charge in [-0.25, -0.2) is 8.78 Å². The van der Waals surface area contributed by atoms with Gasteiger partial charge in [0.25, 0.3) is 5.92 Å². The molecule has 88 valence electrons. The first-order valence-electron chi connectivity index (χ1n) is 5.12. The zero-order chi connectivity index (χ0) is 12.2. The van der Waals surface area contributed by atoms with Crippen LogP contribution < -0.4 is 4.74 Å². The standard InChI is InChI=1S/C12H14F2O2/c1-3-4-11(15)16-10-7-5-9(6-8-10)12(2,13)14/h5-8H,3-4H2,1-2H3. The fourth-order valence-electron chi connectivity index (χ4n) is 1.20. The van der Waals surface area contributed by atoms with Crippen molar-refractivity contribution in [2.75, 3.05) is 0 Å².